The Morgan fingerprint density at radius 2 is 2.23 bits per heavy atom. The Labute approximate surface area is 157 Å². The average molecular weight is 369 g/mol. The topological polar surface area (TPSA) is 64.6 Å². The number of phenolic OH excluding ortho intramolecular Hbond substituents is 1. The molecular formula is C20H23N3O2S. The molecular weight excluding hydrogens is 346 g/mol. The third-order valence-electron chi connectivity index (χ3n) is 6.21. The van der Waals surface area contributed by atoms with E-state index in [0.717, 1.165) is 48.5 Å². The summed E-state index contributed by atoms with van der Waals surface area (Å²) in [6.07, 6.45) is 3.03. The van der Waals surface area contributed by atoms with E-state index in [9.17, 15) is 9.90 Å². The number of hydrogen-bond donors (Lipinski definition) is 3. The number of thiophene rings is 1. The third-order valence-corrected chi connectivity index (χ3v) is 7.11. The minimum atomic E-state index is 0.144. The molecule has 1 aliphatic carbocycles. The summed E-state index contributed by atoms with van der Waals surface area (Å²) in [4.78, 5) is 15.4. The predicted molar refractivity (Wildman–Crippen MR) is 103 cm³/mol. The number of nitrogens with zero attached hydrogens (tertiary/aromatic N) is 1. The fraction of sp³-hybridized carbons (Fsp3) is 0.450. The zero-order valence-electron chi connectivity index (χ0n) is 14.6. The zero-order chi connectivity index (χ0) is 17.7. The maximum atomic E-state index is 12.7. The van der Waals surface area contributed by atoms with Gasteiger partial charge in [0.2, 0.25) is 0 Å². The van der Waals surface area contributed by atoms with Gasteiger partial charge in [0.15, 0.2) is 0 Å². The number of nitrogens with one attached hydrogen (secondary N) is 2. The molecule has 3 heterocycles. The fourth-order valence-corrected chi connectivity index (χ4v) is 5.75. The van der Waals surface area contributed by atoms with Gasteiger partial charge in [-0.25, -0.2) is 0 Å². The molecule has 6 heteroatoms. The van der Waals surface area contributed by atoms with Crippen molar-refractivity contribution >= 4 is 22.9 Å². The summed E-state index contributed by atoms with van der Waals surface area (Å²) < 4.78 is 0. The van der Waals surface area contributed by atoms with Crippen LogP contribution in [-0.4, -0.2) is 41.7 Å². The van der Waals surface area contributed by atoms with E-state index in [1.807, 2.05) is 22.4 Å². The van der Waals surface area contributed by atoms with Gasteiger partial charge >= 0.3 is 0 Å². The van der Waals surface area contributed by atoms with Crippen molar-refractivity contribution in [3.05, 3.63) is 45.6 Å². The van der Waals surface area contributed by atoms with E-state index < -0.39 is 0 Å². The van der Waals surface area contributed by atoms with E-state index in [2.05, 4.69) is 16.7 Å². The van der Waals surface area contributed by atoms with Crippen molar-refractivity contribution in [3.63, 3.8) is 0 Å². The van der Waals surface area contributed by atoms with Crippen molar-refractivity contribution in [1.29, 1.82) is 0 Å². The van der Waals surface area contributed by atoms with Gasteiger partial charge < -0.3 is 20.6 Å². The van der Waals surface area contributed by atoms with Crippen LogP contribution < -0.4 is 10.6 Å². The van der Waals surface area contributed by atoms with Crippen LogP contribution >= 0.6 is 11.3 Å². The van der Waals surface area contributed by atoms with Gasteiger partial charge in [-0.1, -0.05) is 12.1 Å². The van der Waals surface area contributed by atoms with Crippen LogP contribution in [0.2, 0.25) is 0 Å². The van der Waals surface area contributed by atoms with Crippen LogP contribution in [0.5, 0.6) is 5.75 Å². The molecule has 1 unspecified atom stereocenters. The van der Waals surface area contributed by atoms with Gasteiger partial charge in [0.05, 0.1) is 12.4 Å². The number of amides is 1. The third kappa shape index (κ3) is 2.51. The number of phenols is 1. The Kier molecular flexibility index (Phi) is 3.90. The van der Waals surface area contributed by atoms with Crippen molar-refractivity contribution in [2.75, 3.05) is 25.1 Å². The van der Waals surface area contributed by atoms with E-state index in [1.165, 1.54) is 16.9 Å². The van der Waals surface area contributed by atoms with Crippen molar-refractivity contribution < 1.29 is 9.90 Å². The molecule has 3 aliphatic rings. The Hall–Kier alpha value is -2.05. The van der Waals surface area contributed by atoms with E-state index >= 15 is 0 Å². The molecule has 3 atom stereocenters. The summed E-state index contributed by atoms with van der Waals surface area (Å²) in [5.74, 6) is 1.65. The van der Waals surface area contributed by atoms with Gasteiger partial charge in [-0.15, -0.1) is 11.3 Å². The molecule has 1 aromatic carbocycles. The van der Waals surface area contributed by atoms with Gasteiger partial charge in [0.25, 0.3) is 5.91 Å². The van der Waals surface area contributed by atoms with Crippen LogP contribution in [-0.2, 0) is 6.42 Å². The summed E-state index contributed by atoms with van der Waals surface area (Å²) in [7, 11) is 0. The first-order valence-corrected chi connectivity index (χ1v) is 10.2. The van der Waals surface area contributed by atoms with Gasteiger partial charge in [0, 0.05) is 18.5 Å². The fourth-order valence-electron chi connectivity index (χ4n) is 4.91. The summed E-state index contributed by atoms with van der Waals surface area (Å²) in [6, 6.07) is 8.27. The summed E-state index contributed by atoms with van der Waals surface area (Å²) >= 11 is 1.51. The minimum Gasteiger partial charge on any atom is -0.508 e. The van der Waals surface area contributed by atoms with Crippen molar-refractivity contribution in [3.8, 4) is 5.75 Å². The van der Waals surface area contributed by atoms with Gasteiger partial charge in [-0.2, -0.15) is 0 Å². The van der Waals surface area contributed by atoms with Crippen LogP contribution in [0.4, 0.5) is 5.69 Å². The highest BCUT2D eigenvalue weighted by molar-refractivity contribution is 7.12. The quantitative estimate of drug-likeness (QED) is 0.778. The van der Waals surface area contributed by atoms with E-state index in [4.69, 9.17) is 0 Å². The first kappa shape index (κ1) is 16.1. The Morgan fingerprint density at radius 1 is 1.31 bits per heavy atom. The van der Waals surface area contributed by atoms with E-state index in [1.54, 1.807) is 6.07 Å². The zero-order valence-corrected chi connectivity index (χ0v) is 15.4. The molecule has 0 spiro atoms. The molecule has 5 nitrogen and oxygen atoms in total. The molecule has 136 valence electrons. The molecule has 2 aliphatic heterocycles. The average Bonchev–Trinajstić information content (AvgIpc) is 3.29. The number of benzene rings is 1. The maximum absolute atomic E-state index is 12.7. The van der Waals surface area contributed by atoms with Crippen molar-refractivity contribution in [2.45, 2.75) is 31.2 Å². The summed E-state index contributed by atoms with van der Waals surface area (Å²) in [5, 5.41) is 19.2. The Bertz CT molecular complexity index is 849. The monoisotopic (exact) mass is 369 g/mol. The lowest BCUT2D eigenvalue weighted by molar-refractivity contribution is 0.0756. The lowest BCUT2D eigenvalue weighted by atomic mass is 9.73. The normalized spacial score (nSPS) is 26.8. The smallest absolute Gasteiger partial charge is 0.267 e. The summed E-state index contributed by atoms with van der Waals surface area (Å²) in [6.45, 7) is 2.37. The number of hydrogen-bond acceptors (Lipinski definition) is 5. The lowest BCUT2D eigenvalue weighted by Crippen LogP contribution is -2.42. The van der Waals surface area contributed by atoms with Crippen LogP contribution in [0.3, 0.4) is 0 Å². The Morgan fingerprint density at radius 3 is 3.15 bits per heavy atom. The molecule has 5 rings (SSSR count). The first-order chi connectivity index (χ1) is 12.7. The standard InChI is InChI=1S/C20H23N3O2S/c24-17-3-1-2-14-13(17)5-4-12-10-21-15(18(12)14)6-8-23-11-22-16-7-9-26-19(16)20(23)25/h1-3,7,9,12,15,18,21-22,24H,4-6,8,10-11H2/t12-,15?,18+/m0/s1. The molecule has 0 saturated carbocycles. The second-order valence-corrected chi connectivity index (χ2v) is 8.46. The van der Waals surface area contributed by atoms with Crippen LogP contribution in [0, 0.1) is 5.92 Å². The number of fused-ring (bicyclic) bond motifs is 4. The van der Waals surface area contributed by atoms with E-state index in [0.29, 0.717) is 30.3 Å². The molecule has 0 bridgehead atoms. The molecule has 26 heavy (non-hydrogen) atoms. The second-order valence-electron chi connectivity index (χ2n) is 7.54. The van der Waals surface area contributed by atoms with Gasteiger partial charge in [0.1, 0.15) is 10.6 Å². The largest absolute Gasteiger partial charge is 0.508 e. The molecule has 1 fully saturated rings. The minimum absolute atomic E-state index is 0.144. The molecule has 1 amide bonds. The molecule has 2 aromatic rings. The molecule has 1 saturated heterocycles. The van der Waals surface area contributed by atoms with E-state index in [-0.39, 0.29) is 5.91 Å². The highest BCUT2D eigenvalue weighted by Gasteiger charge is 2.41. The summed E-state index contributed by atoms with van der Waals surface area (Å²) in [5.41, 5.74) is 3.40. The van der Waals surface area contributed by atoms with Crippen LogP contribution in [0.1, 0.15) is 39.6 Å². The number of anilines is 1. The van der Waals surface area contributed by atoms with Gasteiger partial charge in [-0.3, -0.25) is 4.79 Å². The lowest BCUT2D eigenvalue weighted by Gasteiger charge is -2.33. The van der Waals surface area contributed by atoms with Gasteiger partial charge in [-0.05, 0) is 60.4 Å². The second kappa shape index (κ2) is 6.28. The number of aromatic hydroxyl groups is 1. The highest BCUT2D eigenvalue weighted by Crippen LogP contribution is 2.45. The Balaban J connectivity index is 1.32. The predicted octanol–water partition coefficient (Wildman–Crippen LogP) is 2.99. The molecule has 0 radical (unpaired) electrons. The first-order valence-electron chi connectivity index (χ1n) is 9.37. The van der Waals surface area contributed by atoms with Crippen molar-refractivity contribution in [2.24, 2.45) is 5.92 Å². The van der Waals surface area contributed by atoms with Crippen molar-refractivity contribution in [1.82, 2.24) is 10.2 Å². The maximum Gasteiger partial charge on any atom is 0.267 e. The highest BCUT2D eigenvalue weighted by atomic mass is 32.1. The number of rotatable bonds is 3. The molecule has 1 aromatic heterocycles. The molecule has 3 N–H and O–H groups in total. The SMILES string of the molecule is O=C1c2sccc2NCN1CCC1NC[C@@H]2CCc3c(O)cccc3[C@H]12. The number of carbonyl (C=O) groups excluding carboxylic acids is 1. The van der Waals surface area contributed by atoms with Crippen LogP contribution in [0.15, 0.2) is 29.6 Å². The number of carbonyl (C=O) groups is 1. The van der Waals surface area contributed by atoms with Crippen LogP contribution in [0.25, 0.3) is 0 Å².